The number of likely N-dealkylation sites (tertiary alicyclic amines) is 2. The number of hydrogen-bond acceptors (Lipinski definition) is 6. The molecule has 2 N–H and O–H groups in total. The number of halogens is 1. The molecule has 0 radical (unpaired) electrons. The Hall–Kier alpha value is -4.73. The SMILES string of the molecule is CN(C)c1ccc(C(=O)NC(Cc2ccc(O)cc2)C(=O)N2CC[C@@H]3[C@H]2C(=O)CN3C(=O)c2cccc(F)c2)cc1. The number of aromatic hydroxyl groups is 1. The summed E-state index contributed by atoms with van der Waals surface area (Å²) >= 11 is 0. The number of phenols is 1. The molecule has 2 fully saturated rings. The van der Waals surface area contributed by atoms with Crippen molar-refractivity contribution in [2.45, 2.75) is 31.0 Å². The molecule has 2 heterocycles. The van der Waals surface area contributed by atoms with E-state index in [0.717, 1.165) is 11.8 Å². The lowest BCUT2D eigenvalue weighted by molar-refractivity contribution is -0.138. The quantitative estimate of drug-likeness (QED) is 0.462. The highest BCUT2D eigenvalue weighted by Crippen LogP contribution is 2.32. The highest BCUT2D eigenvalue weighted by molar-refractivity contribution is 6.03. The topological polar surface area (TPSA) is 110 Å². The lowest BCUT2D eigenvalue weighted by atomic mass is 10.0. The third kappa shape index (κ3) is 5.77. The maximum absolute atomic E-state index is 14.0. The summed E-state index contributed by atoms with van der Waals surface area (Å²) in [6.45, 7) is 0.0496. The Labute approximate surface area is 237 Å². The number of fused-ring (bicyclic) bond motifs is 1. The van der Waals surface area contributed by atoms with E-state index in [4.69, 9.17) is 0 Å². The molecule has 5 rings (SSSR count). The first-order chi connectivity index (χ1) is 19.6. The van der Waals surface area contributed by atoms with E-state index in [1.165, 1.54) is 40.1 Å². The van der Waals surface area contributed by atoms with Gasteiger partial charge in [0.05, 0.1) is 12.6 Å². The van der Waals surface area contributed by atoms with Crippen molar-refractivity contribution in [3.63, 3.8) is 0 Å². The van der Waals surface area contributed by atoms with Gasteiger partial charge in [-0.3, -0.25) is 19.2 Å². The summed E-state index contributed by atoms with van der Waals surface area (Å²) in [4.78, 5) is 58.3. The fraction of sp³-hybridized carbons (Fsp3) is 0.290. The second-order valence-corrected chi connectivity index (χ2v) is 10.6. The highest BCUT2D eigenvalue weighted by Gasteiger charge is 2.52. The van der Waals surface area contributed by atoms with Gasteiger partial charge in [0.2, 0.25) is 5.91 Å². The van der Waals surface area contributed by atoms with E-state index >= 15 is 0 Å². The van der Waals surface area contributed by atoms with E-state index in [1.807, 2.05) is 19.0 Å². The maximum Gasteiger partial charge on any atom is 0.254 e. The zero-order chi connectivity index (χ0) is 29.3. The fourth-order valence-corrected chi connectivity index (χ4v) is 5.55. The molecule has 0 bridgehead atoms. The predicted molar refractivity (Wildman–Crippen MR) is 150 cm³/mol. The molecule has 3 aromatic rings. The van der Waals surface area contributed by atoms with E-state index in [2.05, 4.69) is 5.32 Å². The molecule has 3 aromatic carbocycles. The number of phenolic OH excluding ortho intramolecular Hbond substituents is 1. The number of Topliss-reactive ketones (excluding diaryl/α,β-unsaturated/α-hetero) is 1. The maximum atomic E-state index is 14.0. The first-order valence-electron chi connectivity index (χ1n) is 13.4. The number of nitrogens with one attached hydrogen (secondary N) is 1. The lowest BCUT2D eigenvalue weighted by Gasteiger charge is -2.28. The van der Waals surface area contributed by atoms with Crippen molar-refractivity contribution in [2.24, 2.45) is 0 Å². The molecule has 3 atom stereocenters. The van der Waals surface area contributed by atoms with Crippen LogP contribution in [0.1, 0.15) is 32.7 Å². The van der Waals surface area contributed by atoms with Gasteiger partial charge >= 0.3 is 0 Å². The smallest absolute Gasteiger partial charge is 0.254 e. The van der Waals surface area contributed by atoms with Crippen LogP contribution in [0.4, 0.5) is 10.1 Å². The lowest BCUT2D eigenvalue weighted by Crippen LogP contribution is -2.53. The first kappa shape index (κ1) is 27.8. The zero-order valence-corrected chi connectivity index (χ0v) is 22.8. The fourth-order valence-electron chi connectivity index (χ4n) is 5.55. The van der Waals surface area contributed by atoms with Crippen molar-refractivity contribution in [1.82, 2.24) is 15.1 Å². The molecule has 0 spiro atoms. The van der Waals surface area contributed by atoms with E-state index in [9.17, 15) is 28.7 Å². The normalized spacial score (nSPS) is 18.7. The summed E-state index contributed by atoms with van der Waals surface area (Å²) in [6, 6.07) is 16.2. The van der Waals surface area contributed by atoms with Gasteiger partial charge in [-0.1, -0.05) is 18.2 Å². The molecular formula is C31H31FN4O5. The molecule has 0 aromatic heterocycles. The second-order valence-electron chi connectivity index (χ2n) is 10.6. The molecule has 9 nitrogen and oxygen atoms in total. The number of rotatable bonds is 7. The van der Waals surface area contributed by atoms with Crippen LogP contribution >= 0.6 is 0 Å². The number of nitrogens with zero attached hydrogens (tertiary/aromatic N) is 3. The van der Waals surface area contributed by atoms with Gasteiger partial charge in [0.1, 0.15) is 23.7 Å². The second kappa shape index (κ2) is 11.4. The summed E-state index contributed by atoms with van der Waals surface area (Å²) in [5.74, 6) is -2.09. The number of carbonyl (C=O) groups excluding carboxylic acids is 4. The number of amides is 3. The monoisotopic (exact) mass is 558 g/mol. The Balaban J connectivity index is 1.37. The van der Waals surface area contributed by atoms with Crippen molar-refractivity contribution in [2.75, 3.05) is 32.1 Å². The molecule has 2 saturated heterocycles. The molecular weight excluding hydrogens is 527 g/mol. The average molecular weight is 559 g/mol. The van der Waals surface area contributed by atoms with Crippen LogP contribution in [0.25, 0.3) is 0 Å². The van der Waals surface area contributed by atoms with Crippen LogP contribution in [-0.4, -0.2) is 83.7 Å². The minimum atomic E-state index is -1.000. The first-order valence-corrected chi connectivity index (χ1v) is 13.4. The average Bonchev–Trinajstić information content (AvgIpc) is 3.54. The van der Waals surface area contributed by atoms with Crippen molar-refractivity contribution in [3.8, 4) is 5.75 Å². The van der Waals surface area contributed by atoms with Crippen LogP contribution in [-0.2, 0) is 16.0 Å². The van der Waals surface area contributed by atoms with Crippen LogP contribution < -0.4 is 10.2 Å². The van der Waals surface area contributed by atoms with E-state index in [0.29, 0.717) is 17.5 Å². The summed E-state index contributed by atoms with van der Waals surface area (Å²) in [6.07, 6.45) is 0.518. The number of hydrogen-bond donors (Lipinski definition) is 2. The van der Waals surface area contributed by atoms with Crippen LogP contribution in [0, 0.1) is 5.82 Å². The summed E-state index contributed by atoms with van der Waals surface area (Å²) in [5, 5.41) is 12.5. The summed E-state index contributed by atoms with van der Waals surface area (Å²) in [5.41, 5.74) is 2.14. The van der Waals surface area contributed by atoms with E-state index in [-0.39, 0.29) is 36.6 Å². The molecule has 212 valence electrons. The van der Waals surface area contributed by atoms with Gasteiger partial charge in [0, 0.05) is 43.9 Å². The summed E-state index contributed by atoms with van der Waals surface area (Å²) < 4.78 is 13.8. The van der Waals surface area contributed by atoms with Crippen LogP contribution in [0.3, 0.4) is 0 Å². The Morgan fingerprint density at radius 1 is 1.00 bits per heavy atom. The minimum Gasteiger partial charge on any atom is -0.508 e. The molecule has 0 aliphatic carbocycles. The zero-order valence-electron chi connectivity index (χ0n) is 22.8. The molecule has 41 heavy (non-hydrogen) atoms. The van der Waals surface area contributed by atoms with Gasteiger partial charge in [0.15, 0.2) is 5.78 Å². The van der Waals surface area contributed by atoms with E-state index < -0.39 is 41.7 Å². The van der Waals surface area contributed by atoms with Crippen LogP contribution in [0.15, 0.2) is 72.8 Å². The van der Waals surface area contributed by atoms with Crippen molar-refractivity contribution >= 4 is 29.2 Å². The van der Waals surface area contributed by atoms with Gasteiger partial charge < -0.3 is 25.1 Å². The van der Waals surface area contributed by atoms with E-state index in [1.54, 1.807) is 36.4 Å². The molecule has 10 heteroatoms. The predicted octanol–water partition coefficient (Wildman–Crippen LogP) is 2.63. The molecule has 2 aliphatic heterocycles. The van der Waals surface area contributed by atoms with Gasteiger partial charge in [-0.05, 0) is 66.6 Å². The van der Waals surface area contributed by atoms with Crippen LogP contribution in [0.2, 0.25) is 0 Å². The third-order valence-corrected chi connectivity index (χ3v) is 7.66. The van der Waals surface area contributed by atoms with Crippen LogP contribution in [0.5, 0.6) is 5.75 Å². The largest absolute Gasteiger partial charge is 0.508 e. The number of anilines is 1. The molecule has 0 saturated carbocycles. The van der Waals surface area contributed by atoms with Crippen molar-refractivity contribution in [3.05, 3.63) is 95.3 Å². The number of carbonyl (C=O) groups is 4. The standard InChI is InChI=1S/C31H31FN4O5/c1-34(2)23-10-8-20(9-11-23)29(39)33-25(16-19-6-12-24(37)13-7-19)31(41)35-15-14-26-28(35)27(38)18-36(26)30(40)21-4-3-5-22(32)17-21/h3-13,17,25-26,28,37H,14-16,18H2,1-2H3,(H,33,39)/t25?,26-,28+/m1/s1. The number of benzene rings is 3. The van der Waals surface area contributed by atoms with Gasteiger partial charge in [0.25, 0.3) is 11.8 Å². The Morgan fingerprint density at radius 2 is 1.71 bits per heavy atom. The third-order valence-electron chi connectivity index (χ3n) is 7.66. The molecule has 1 unspecified atom stereocenters. The minimum absolute atomic E-state index is 0.0728. The summed E-state index contributed by atoms with van der Waals surface area (Å²) in [7, 11) is 3.78. The van der Waals surface area contributed by atoms with Gasteiger partial charge in [-0.15, -0.1) is 0 Å². The molecule has 2 aliphatic rings. The van der Waals surface area contributed by atoms with Crippen molar-refractivity contribution in [1.29, 1.82) is 0 Å². The van der Waals surface area contributed by atoms with Crippen molar-refractivity contribution < 1.29 is 28.7 Å². The Morgan fingerprint density at radius 3 is 2.37 bits per heavy atom. The van der Waals surface area contributed by atoms with Gasteiger partial charge in [-0.25, -0.2) is 4.39 Å². The molecule has 3 amide bonds. The number of ketones is 1. The highest BCUT2D eigenvalue weighted by atomic mass is 19.1. The Kier molecular flexibility index (Phi) is 7.74. The van der Waals surface area contributed by atoms with Gasteiger partial charge in [-0.2, -0.15) is 0 Å². The Bertz CT molecular complexity index is 1470.